The number of halogens is 2. The molecule has 0 aliphatic heterocycles. The van der Waals surface area contributed by atoms with Gasteiger partial charge in [0.25, 0.3) is 0 Å². The zero-order valence-electron chi connectivity index (χ0n) is 15.8. The first kappa shape index (κ1) is 25.1. The zero-order valence-corrected chi connectivity index (χ0v) is 17.4. The van der Waals surface area contributed by atoms with E-state index in [0.717, 1.165) is 35.7 Å². The van der Waals surface area contributed by atoms with Gasteiger partial charge in [-0.1, -0.05) is 24.3 Å². The predicted molar refractivity (Wildman–Crippen MR) is 117 cm³/mol. The summed E-state index contributed by atoms with van der Waals surface area (Å²) in [6, 6.07) is 15.1. The highest BCUT2D eigenvalue weighted by Gasteiger charge is 2.06. The minimum Gasteiger partial charge on any atom is -0.493 e. The number of rotatable bonds is 9. The second-order valence-electron chi connectivity index (χ2n) is 6.28. The normalized spacial score (nSPS) is 9.89. The Balaban J connectivity index is 0.00000338. The summed E-state index contributed by atoms with van der Waals surface area (Å²) in [7, 11) is 4.08. The van der Waals surface area contributed by atoms with Crippen molar-refractivity contribution in [3.05, 3.63) is 54.1 Å². The molecule has 0 saturated heterocycles. The number of anilines is 2. The lowest BCUT2D eigenvalue weighted by molar-refractivity contribution is -0.116. The van der Waals surface area contributed by atoms with Gasteiger partial charge in [0.15, 0.2) is 0 Å². The number of para-hydroxylation sites is 1. The molecule has 0 bridgehead atoms. The second kappa shape index (κ2) is 13.3. The molecule has 2 aromatic rings. The Bertz CT molecular complexity index is 696. The molecule has 5 nitrogen and oxygen atoms in total. The Morgan fingerprint density at radius 1 is 1.11 bits per heavy atom. The van der Waals surface area contributed by atoms with E-state index in [4.69, 9.17) is 10.5 Å². The fourth-order valence-electron chi connectivity index (χ4n) is 2.47. The molecule has 0 aromatic heterocycles. The van der Waals surface area contributed by atoms with E-state index in [1.807, 2.05) is 62.6 Å². The van der Waals surface area contributed by atoms with E-state index >= 15 is 0 Å². The summed E-state index contributed by atoms with van der Waals surface area (Å²) >= 11 is 0. The lowest BCUT2D eigenvalue weighted by Crippen LogP contribution is -2.15. The molecule has 2 aromatic carbocycles. The fraction of sp³-hybridized carbons (Fsp3) is 0.350. The van der Waals surface area contributed by atoms with Crippen molar-refractivity contribution in [2.45, 2.75) is 19.3 Å². The molecule has 27 heavy (non-hydrogen) atoms. The molecule has 3 N–H and O–H groups in total. The van der Waals surface area contributed by atoms with Crippen molar-refractivity contribution in [3.8, 4) is 5.75 Å². The number of hydrogen-bond donors (Lipinski definition) is 2. The summed E-state index contributed by atoms with van der Waals surface area (Å²) in [4.78, 5) is 14.3. The van der Waals surface area contributed by atoms with Crippen molar-refractivity contribution in [1.29, 1.82) is 0 Å². The summed E-state index contributed by atoms with van der Waals surface area (Å²) in [5.74, 6) is 0.733. The molecule has 7 heteroatoms. The molecule has 2 rings (SSSR count). The van der Waals surface area contributed by atoms with Crippen molar-refractivity contribution in [1.82, 2.24) is 4.90 Å². The third kappa shape index (κ3) is 9.52. The molecule has 0 aliphatic rings. The average molecular weight is 414 g/mol. The Morgan fingerprint density at radius 3 is 2.56 bits per heavy atom. The van der Waals surface area contributed by atoms with Crippen LogP contribution in [0.25, 0.3) is 0 Å². The van der Waals surface area contributed by atoms with Gasteiger partial charge in [0.2, 0.25) is 5.91 Å². The second-order valence-corrected chi connectivity index (χ2v) is 6.28. The fourth-order valence-corrected chi connectivity index (χ4v) is 2.47. The van der Waals surface area contributed by atoms with Crippen molar-refractivity contribution in [2.75, 3.05) is 38.3 Å². The van der Waals surface area contributed by atoms with Crippen LogP contribution < -0.4 is 15.8 Å². The molecule has 1 amide bonds. The molecule has 150 valence electrons. The van der Waals surface area contributed by atoms with Crippen molar-refractivity contribution in [2.24, 2.45) is 0 Å². The third-order valence-corrected chi connectivity index (χ3v) is 3.81. The van der Waals surface area contributed by atoms with E-state index in [0.29, 0.717) is 19.4 Å². The van der Waals surface area contributed by atoms with Crippen LogP contribution in [0.2, 0.25) is 0 Å². The SMILES string of the molecule is CN(C)CCCOc1cccc(NC(=O)CCc2ccccc2N)c1.Cl.Cl. The maximum Gasteiger partial charge on any atom is 0.224 e. The molecule has 0 fully saturated rings. The number of ether oxygens (including phenoxy) is 1. The average Bonchev–Trinajstić information content (AvgIpc) is 2.58. The van der Waals surface area contributed by atoms with Crippen LogP contribution in [0.15, 0.2) is 48.5 Å². The highest BCUT2D eigenvalue weighted by molar-refractivity contribution is 5.91. The quantitative estimate of drug-likeness (QED) is 0.481. The van der Waals surface area contributed by atoms with Crippen molar-refractivity contribution in [3.63, 3.8) is 0 Å². The van der Waals surface area contributed by atoms with Gasteiger partial charge in [-0.2, -0.15) is 0 Å². The number of aryl methyl sites for hydroxylation is 1. The predicted octanol–water partition coefficient (Wildman–Crippen LogP) is 4.01. The summed E-state index contributed by atoms with van der Waals surface area (Å²) in [5, 5.41) is 2.91. The number of benzene rings is 2. The minimum atomic E-state index is -0.0342. The molecule has 0 heterocycles. The summed E-state index contributed by atoms with van der Waals surface area (Å²) in [6.45, 7) is 1.64. The Kier molecular flexibility index (Phi) is 12.3. The van der Waals surface area contributed by atoms with Crippen molar-refractivity contribution < 1.29 is 9.53 Å². The van der Waals surface area contributed by atoms with Gasteiger partial charge in [0, 0.05) is 30.4 Å². The maximum atomic E-state index is 12.1. The lowest BCUT2D eigenvalue weighted by atomic mass is 10.1. The van der Waals surface area contributed by atoms with Crippen LogP contribution in [-0.2, 0) is 11.2 Å². The van der Waals surface area contributed by atoms with Crippen LogP contribution in [0.3, 0.4) is 0 Å². The number of nitrogens with two attached hydrogens (primary N) is 1. The van der Waals surface area contributed by atoms with Gasteiger partial charge < -0.3 is 20.7 Å². The van der Waals surface area contributed by atoms with E-state index in [1.165, 1.54) is 0 Å². The molecule has 0 unspecified atom stereocenters. The van der Waals surface area contributed by atoms with Gasteiger partial charge in [0.1, 0.15) is 5.75 Å². The maximum absolute atomic E-state index is 12.1. The van der Waals surface area contributed by atoms with Crippen molar-refractivity contribution >= 4 is 42.1 Å². The Morgan fingerprint density at radius 2 is 1.85 bits per heavy atom. The van der Waals surface area contributed by atoms with Crippen LogP contribution in [0, 0.1) is 0 Å². The number of carbonyl (C=O) groups excluding carboxylic acids is 1. The summed E-state index contributed by atoms with van der Waals surface area (Å²) < 4.78 is 5.73. The smallest absolute Gasteiger partial charge is 0.224 e. The van der Waals surface area contributed by atoms with Crippen LogP contribution in [0.1, 0.15) is 18.4 Å². The van der Waals surface area contributed by atoms with Gasteiger partial charge in [-0.15, -0.1) is 24.8 Å². The number of hydrogen-bond acceptors (Lipinski definition) is 4. The van der Waals surface area contributed by atoms with Crippen LogP contribution >= 0.6 is 24.8 Å². The van der Waals surface area contributed by atoms with Crippen LogP contribution in [0.5, 0.6) is 5.75 Å². The van der Waals surface area contributed by atoms with Gasteiger partial charge >= 0.3 is 0 Å². The van der Waals surface area contributed by atoms with Gasteiger partial charge in [-0.3, -0.25) is 4.79 Å². The molecule has 0 aliphatic carbocycles. The lowest BCUT2D eigenvalue weighted by Gasteiger charge is -2.11. The first-order valence-corrected chi connectivity index (χ1v) is 8.55. The molecule has 0 saturated carbocycles. The third-order valence-electron chi connectivity index (χ3n) is 3.81. The highest BCUT2D eigenvalue weighted by atomic mass is 35.5. The van der Waals surface area contributed by atoms with Gasteiger partial charge in [0.05, 0.1) is 6.61 Å². The Labute approximate surface area is 174 Å². The van der Waals surface area contributed by atoms with E-state index < -0.39 is 0 Å². The molecule has 0 atom stereocenters. The standard InChI is InChI=1S/C20H27N3O2.2ClH/c1-23(2)13-6-14-25-18-9-5-8-17(15-18)22-20(24)12-11-16-7-3-4-10-19(16)21;;/h3-5,7-10,15H,6,11-14,21H2,1-2H3,(H,22,24);2*1H. The molecular weight excluding hydrogens is 385 g/mol. The number of nitrogen functional groups attached to an aromatic ring is 1. The molecular formula is C20H29Cl2N3O2. The van der Waals surface area contributed by atoms with Gasteiger partial charge in [-0.05, 0) is 50.7 Å². The van der Waals surface area contributed by atoms with E-state index in [-0.39, 0.29) is 30.7 Å². The number of amides is 1. The number of nitrogens with one attached hydrogen (secondary N) is 1. The van der Waals surface area contributed by atoms with E-state index in [9.17, 15) is 4.79 Å². The minimum absolute atomic E-state index is 0. The van der Waals surface area contributed by atoms with Crippen LogP contribution in [-0.4, -0.2) is 38.1 Å². The van der Waals surface area contributed by atoms with Gasteiger partial charge in [-0.25, -0.2) is 0 Å². The first-order chi connectivity index (χ1) is 12.0. The molecule has 0 radical (unpaired) electrons. The summed E-state index contributed by atoms with van der Waals surface area (Å²) in [6.07, 6.45) is 1.98. The zero-order chi connectivity index (χ0) is 18.1. The van der Waals surface area contributed by atoms with E-state index in [2.05, 4.69) is 10.2 Å². The van der Waals surface area contributed by atoms with Crippen LogP contribution in [0.4, 0.5) is 11.4 Å². The summed E-state index contributed by atoms with van der Waals surface area (Å²) in [5.41, 5.74) is 8.37. The topological polar surface area (TPSA) is 67.6 Å². The first-order valence-electron chi connectivity index (χ1n) is 8.55. The monoisotopic (exact) mass is 413 g/mol. The molecule has 0 spiro atoms. The highest BCUT2D eigenvalue weighted by Crippen LogP contribution is 2.18. The Hall–Kier alpha value is -1.95. The van der Waals surface area contributed by atoms with E-state index in [1.54, 1.807) is 0 Å². The number of carbonyl (C=O) groups is 1. The number of nitrogens with zero attached hydrogens (tertiary/aromatic N) is 1. The largest absolute Gasteiger partial charge is 0.493 e.